The van der Waals surface area contributed by atoms with Gasteiger partial charge in [-0.25, -0.2) is 8.78 Å². The average molecular weight is 327 g/mol. The van der Waals surface area contributed by atoms with Crippen molar-refractivity contribution < 1.29 is 13.5 Å². The van der Waals surface area contributed by atoms with Crippen molar-refractivity contribution >= 4 is 15.9 Å². The first-order valence-electron chi connectivity index (χ1n) is 5.82. The molecule has 0 saturated heterocycles. The Morgan fingerprint density at radius 2 is 1.79 bits per heavy atom. The van der Waals surface area contributed by atoms with Crippen LogP contribution in [0.15, 0.2) is 42.5 Å². The molecule has 0 radical (unpaired) electrons. The van der Waals surface area contributed by atoms with Crippen LogP contribution < -0.4 is 4.74 Å². The van der Waals surface area contributed by atoms with E-state index in [1.54, 1.807) is 24.3 Å². The Kier molecular flexibility index (Phi) is 4.53. The standard InChI is InChI=1S/C15H13BrF2O/c1-19-15-9-11(4-7-14(15)18)13(16)8-10-2-5-12(17)6-3-10/h2-7,9,13H,8H2,1H3. The SMILES string of the molecule is COc1cc(C(Br)Cc2ccc(F)cc2)ccc1F. The summed E-state index contributed by atoms with van der Waals surface area (Å²) in [7, 11) is 1.44. The predicted molar refractivity (Wildman–Crippen MR) is 74.7 cm³/mol. The Balaban J connectivity index is 2.15. The summed E-state index contributed by atoms with van der Waals surface area (Å²) in [6.45, 7) is 0. The second-order valence-electron chi connectivity index (χ2n) is 4.19. The Morgan fingerprint density at radius 1 is 1.11 bits per heavy atom. The smallest absolute Gasteiger partial charge is 0.165 e. The lowest BCUT2D eigenvalue weighted by atomic mass is 10.0. The van der Waals surface area contributed by atoms with E-state index in [4.69, 9.17) is 4.74 Å². The Bertz CT molecular complexity index is 555. The number of benzene rings is 2. The minimum atomic E-state index is -0.382. The first-order valence-corrected chi connectivity index (χ1v) is 6.73. The molecule has 1 nitrogen and oxygen atoms in total. The largest absolute Gasteiger partial charge is 0.494 e. The Labute approximate surface area is 119 Å². The highest BCUT2D eigenvalue weighted by Crippen LogP contribution is 2.30. The van der Waals surface area contributed by atoms with Crippen LogP contribution in [0, 0.1) is 11.6 Å². The lowest BCUT2D eigenvalue weighted by molar-refractivity contribution is 0.386. The second-order valence-corrected chi connectivity index (χ2v) is 5.30. The van der Waals surface area contributed by atoms with Gasteiger partial charge < -0.3 is 4.74 Å². The van der Waals surface area contributed by atoms with E-state index in [2.05, 4.69) is 15.9 Å². The van der Waals surface area contributed by atoms with E-state index in [9.17, 15) is 8.78 Å². The second kappa shape index (κ2) is 6.15. The molecule has 19 heavy (non-hydrogen) atoms. The van der Waals surface area contributed by atoms with Gasteiger partial charge in [0.15, 0.2) is 11.6 Å². The summed E-state index contributed by atoms with van der Waals surface area (Å²) in [5.41, 5.74) is 1.93. The summed E-state index contributed by atoms with van der Waals surface area (Å²) in [5, 5.41) is 0. The van der Waals surface area contributed by atoms with Gasteiger partial charge in [0.1, 0.15) is 5.82 Å². The van der Waals surface area contributed by atoms with Crippen LogP contribution in [0.3, 0.4) is 0 Å². The fraction of sp³-hybridized carbons (Fsp3) is 0.200. The lowest BCUT2D eigenvalue weighted by Crippen LogP contribution is -1.97. The van der Waals surface area contributed by atoms with Gasteiger partial charge in [0.25, 0.3) is 0 Å². The van der Waals surface area contributed by atoms with Crippen molar-refractivity contribution in [3.05, 3.63) is 65.2 Å². The van der Waals surface area contributed by atoms with Gasteiger partial charge in [-0.2, -0.15) is 0 Å². The van der Waals surface area contributed by atoms with Gasteiger partial charge >= 0.3 is 0 Å². The van der Waals surface area contributed by atoms with Crippen LogP contribution in [0.2, 0.25) is 0 Å². The summed E-state index contributed by atoms with van der Waals surface area (Å²) < 4.78 is 31.1. The molecule has 0 spiro atoms. The van der Waals surface area contributed by atoms with E-state index >= 15 is 0 Å². The average Bonchev–Trinajstić information content (AvgIpc) is 2.42. The van der Waals surface area contributed by atoms with Crippen molar-refractivity contribution in [2.45, 2.75) is 11.2 Å². The highest BCUT2D eigenvalue weighted by Gasteiger charge is 2.12. The van der Waals surface area contributed by atoms with Crippen LogP contribution in [0.5, 0.6) is 5.75 Å². The fourth-order valence-electron chi connectivity index (χ4n) is 1.82. The summed E-state index contributed by atoms with van der Waals surface area (Å²) >= 11 is 3.56. The first kappa shape index (κ1) is 14.0. The molecule has 0 saturated carbocycles. The zero-order valence-electron chi connectivity index (χ0n) is 10.4. The molecule has 0 aliphatic rings. The Morgan fingerprint density at radius 3 is 2.42 bits per heavy atom. The molecule has 2 aromatic carbocycles. The number of rotatable bonds is 4. The van der Waals surface area contributed by atoms with Gasteiger partial charge in [-0.3, -0.25) is 0 Å². The third kappa shape index (κ3) is 3.53. The number of ether oxygens (including phenoxy) is 1. The number of alkyl halides is 1. The van der Waals surface area contributed by atoms with Gasteiger partial charge in [-0.15, -0.1) is 0 Å². The van der Waals surface area contributed by atoms with E-state index in [1.807, 2.05) is 0 Å². The predicted octanol–water partition coefficient (Wildman–Crippen LogP) is 4.65. The van der Waals surface area contributed by atoms with Gasteiger partial charge in [0.05, 0.1) is 7.11 Å². The van der Waals surface area contributed by atoms with Crippen molar-refractivity contribution in [3.63, 3.8) is 0 Å². The van der Waals surface area contributed by atoms with E-state index in [-0.39, 0.29) is 22.2 Å². The number of halogens is 3. The van der Waals surface area contributed by atoms with Crippen molar-refractivity contribution in [1.29, 1.82) is 0 Å². The van der Waals surface area contributed by atoms with Crippen LogP contribution in [0.25, 0.3) is 0 Å². The quantitative estimate of drug-likeness (QED) is 0.743. The normalized spacial score (nSPS) is 12.2. The maximum Gasteiger partial charge on any atom is 0.165 e. The maximum atomic E-state index is 13.3. The van der Waals surface area contributed by atoms with Gasteiger partial charge in [0.2, 0.25) is 0 Å². The molecule has 0 amide bonds. The van der Waals surface area contributed by atoms with Crippen molar-refractivity contribution in [2.75, 3.05) is 7.11 Å². The van der Waals surface area contributed by atoms with Crippen molar-refractivity contribution in [1.82, 2.24) is 0 Å². The highest BCUT2D eigenvalue weighted by molar-refractivity contribution is 9.09. The highest BCUT2D eigenvalue weighted by atomic mass is 79.9. The minimum absolute atomic E-state index is 0.0208. The van der Waals surface area contributed by atoms with Crippen molar-refractivity contribution in [3.8, 4) is 5.75 Å². The summed E-state index contributed by atoms with van der Waals surface area (Å²) in [5.74, 6) is -0.410. The molecule has 0 fully saturated rings. The topological polar surface area (TPSA) is 9.23 Å². The molecular formula is C15H13BrF2O. The molecule has 2 aromatic rings. The molecule has 0 bridgehead atoms. The molecule has 0 aliphatic heterocycles. The third-order valence-corrected chi connectivity index (χ3v) is 3.72. The molecule has 4 heteroatoms. The number of methoxy groups -OCH3 is 1. The van der Waals surface area contributed by atoms with Crippen LogP contribution in [0.1, 0.15) is 16.0 Å². The zero-order valence-corrected chi connectivity index (χ0v) is 12.0. The van der Waals surface area contributed by atoms with E-state index in [0.717, 1.165) is 11.1 Å². The van der Waals surface area contributed by atoms with Crippen LogP contribution in [-0.4, -0.2) is 7.11 Å². The van der Waals surface area contributed by atoms with E-state index < -0.39 is 0 Å². The van der Waals surface area contributed by atoms with Crippen LogP contribution >= 0.6 is 15.9 Å². The molecule has 0 aromatic heterocycles. The molecule has 100 valence electrons. The molecule has 0 aliphatic carbocycles. The summed E-state index contributed by atoms with van der Waals surface area (Å²) in [6, 6.07) is 11.1. The van der Waals surface area contributed by atoms with E-state index in [1.165, 1.54) is 25.3 Å². The molecule has 2 rings (SSSR count). The molecule has 1 unspecified atom stereocenters. The zero-order chi connectivity index (χ0) is 13.8. The fourth-order valence-corrected chi connectivity index (χ4v) is 2.48. The van der Waals surface area contributed by atoms with Crippen molar-refractivity contribution in [2.24, 2.45) is 0 Å². The monoisotopic (exact) mass is 326 g/mol. The minimum Gasteiger partial charge on any atom is -0.494 e. The van der Waals surface area contributed by atoms with Gasteiger partial charge in [-0.05, 0) is 41.8 Å². The van der Waals surface area contributed by atoms with Crippen LogP contribution in [-0.2, 0) is 6.42 Å². The first-order chi connectivity index (χ1) is 9.10. The molecule has 1 atom stereocenters. The summed E-state index contributed by atoms with van der Waals surface area (Å²) in [6.07, 6.45) is 0.690. The maximum absolute atomic E-state index is 13.3. The Hall–Kier alpha value is -1.42. The van der Waals surface area contributed by atoms with Crippen LogP contribution in [0.4, 0.5) is 8.78 Å². The van der Waals surface area contributed by atoms with E-state index in [0.29, 0.717) is 6.42 Å². The number of hydrogen-bond acceptors (Lipinski definition) is 1. The molecule has 0 heterocycles. The van der Waals surface area contributed by atoms with Gasteiger partial charge in [0, 0.05) is 4.83 Å². The molecular weight excluding hydrogens is 314 g/mol. The third-order valence-electron chi connectivity index (χ3n) is 2.87. The number of hydrogen-bond donors (Lipinski definition) is 0. The molecule has 0 N–H and O–H groups in total. The van der Waals surface area contributed by atoms with Gasteiger partial charge in [-0.1, -0.05) is 34.1 Å². The summed E-state index contributed by atoms with van der Waals surface area (Å²) in [4.78, 5) is 0.0208. The lowest BCUT2D eigenvalue weighted by Gasteiger charge is -2.12.